The van der Waals surface area contributed by atoms with Crippen LogP contribution in [0.5, 0.6) is 0 Å². The molecule has 5 nitrogen and oxygen atoms in total. The molecule has 1 aliphatic heterocycles. The zero-order valence-electron chi connectivity index (χ0n) is 14.1. The van der Waals surface area contributed by atoms with Gasteiger partial charge in [-0.1, -0.05) is 0 Å². The van der Waals surface area contributed by atoms with Crippen molar-refractivity contribution in [3.63, 3.8) is 0 Å². The zero-order valence-corrected chi connectivity index (χ0v) is 15.8. The van der Waals surface area contributed by atoms with Gasteiger partial charge in [0.1, 0.15) is 5.00 Å². The molecule has 0 saturated carbocycles. The lowest BCUT2D eigenvalue weighted by molar-refractivity contribution is 0.0601. The number of thiophene rings is 1. The number of rotatable bonds is 4. The van der Waals surface area contributed by atoms with Gasteiger partial charge in [-0.05, 0) is 63.2 Å². The van der Waals surface area contributed by atoms with Crippen LogP contribution in [0.2, 0.25) is 0 Å². The first-order valence-corrected chi connectivity index (χ1v) is 9.74. The van der Waals surface area contributed by atoms with E-state index in [4.69, 9.17) is 21.7 Å². The SMILES string of the molecule is COC(=O)c1c(NC(=S)N[C@@H](C)[C@@H]2CCCO2)sc2c1CCCC2. The van der Waals surface area contributed by atoms with Gasteiger partial charge in [0.15, 0.2) is 5.11 Å². The van der Waals surface area contributed by atoms with E-state index in [0.29, 0.717) is 10.7 Å². The molecule has 2 atom stereocenters. The Morgan fingerprint density at radius 2 is 2.17 bits per heavy atom. The predicted molar refractivity (Wildman–Crippen MR) is 100 cm³/mol. The Labute approximate surface area is 152 Å². The lowest BCUT2D eigenvalue weighted by Crippen LogP contribution is -2.42. The molecule has 2 heterocycles. The van der Waals surface area contributed by atoms with Crippen molar-refractivity contribution in [1.82, 2.24) is 5.32 Å². The molecule has 0 aromatic carbocycles. The Morgan fingerprint density at radius 3 is 2.88 bits per heavy atom. The predicted octanol–water partition coefficient (Wildman–Crippen LogP) is 3.27. The van der Waals surface area contributed by atoms with E-state index in [1.807, 2.05) is 0 Å². The number of ether oxygens (including phenoxy) is 2. The molecule has 1 aliphatic carbocycles. The quantitative estimate of drug-likeness (QED) is 0.628. The smallest absolute Gasteiger partial charge is 0.341 e. The third-order valence-corrected chi connectivity index (χ3v) is 6.10. The first-order valence-electron chi connectivity index (χ1n) is 8.52. The van der Waals surface area contributed by atoms with Gasteiger partial charge < -0.3 is 20.1 Å². The van der Waals surface area contributed by atoms with Crippen molar-refractivity contribution in [3.05, 3.63) is 16.0 Å². The fourth-order valence-electron chi connectivity index (χ4n) is 3.41. The van der Waals surface area contributed by atoms with Crippen molar-refractivity contribution in [1.29, 1.82) is 0 Å². The first-order chi connectivity index (χ1) is 11.6. The lowest BCUT2D eigenvalue weighted by Gasteiger charge is -2.21. The molecule has 132 valence electrons. The highest BCUT2D eigenvalue weighted by Gasteiger charge is 2.27. The highest BCUT2D eigenvalue weighted by atomic mass is 32.1. The normalized spacial score (nSPS) is 21.0. The highest BCUT2D eigenvalue weighted by Crippen LogP contribution is 2.38. The van der Waals surface area contributed by atoms with Crippen LogP contribution in [0.1, 0.15) is 53.4 Å². The summed E-state index contributed by atoms with van der Waals surface area (Å²) < 4.78 is 10.7. The summed E-state index contributed by atoms with van der Waals surface area (Å²) in [6.07, 6.45) is 6.60. The van der Waals surface area contributed by atoms with Crippen molar-refractivity contribution in [3.8, 4) is 0 Å². The van der Waals surface area contributed by atoms with Crippen LogP contribution in [0.4, 0.5) is 5.00 Å². The second-order valence-electron chi connectivity index (χ2n) is 6.35. The summed E-state index contributed by atoms with van der Waals surface area (Å²) in [6, 6.07) is 0.142. The molecule has 0 radical (unpaired) electrons. The minimum absolute atomic E-state index is 0.142. The molecule has 0 amide bonds. The Balaban J connectivity index is 1.72. The van der Waals surface area contributed by atoms with Crippen LogP contribution in [0.3, 0.4) is 0 Å². The topological polar surface area (TPSA) is 59.6 Å². The van der Waals surface area contributed by atoms with E-state index >= 15 is 0 Å². The number of fused-ring (bicyclic) bond motifs is 1. The Hall–Kier alpha value is -1.18. The minimum atomic E-state index is -0.285. The van der Waals surface area contributed by atoms with Gasteiger partial charge in [-0.2, -0.15) is 0 Å². The number of methoxy groups -OCH3 is 1. The van der Waals surface area contributed by atoms with Gasteiger partial charge in [0.05, 0.1) is 24.8 Å². The number of esters is 1. The van der Waals surface area contributed by atoms with Gasteiger partial charge in [-0.15, -0.1) is 11.3 Å². The van der Waals surface area contributed by atoms with Crippen LogP contribution in [-0.2, 0) is 22.3 Å². The third kappa shape index (κ3) is 3.73. The second-order valence-corrected chi connectivity index (χ2v) is 7.86. The van der Waals surface area contributed by atoms with Gasteiger partial charge >= 0.3 is 5.97 Å². The molecule has 1 fully saturated rings. The standard InChI is InChI=1S/C17H24N2O3S2/c1-10(12-7-5-9-22-12)18-17(23)19-15-14(16(20)21-2)11-6-3-4-8-13(11)24-15/h10,12H,3-9H2,1-2H3,(H2,18,19,23)/t10-,12-/m0/s1. The molecule has 0 spiro atoms. The van der Waals surface area contributed by atoms with Crippen LogP contribution < -0.4 is 10.6 Å². The van der Waals surface area contributed by atoms with Gasteiger partial charge in [0.2, 0.25) is 0 Å². The summed E-state index contributed by atoms with van der Waals surface area (Å²) in [5.74, 6) is -0.285. The Morgan fingerprint density at radius 1 is 1.38 bits per heavy atom. The average molecular weight is 369 g/mol. The van der Waals surface area contributed by atoms with Crippen LogP contribution in [0.15, 0.2) is 0 Å². The fraction of sp³-hybridized carbons (Fsp3) is 0.647. The summed E-state index contributed by atoms with van der Waals surface area (Å²) in [5.41, 5.74) is 1.79. The molecule has 2 aliphatic rings. The number of carbonyl (C=O) groups excluding carboxylic acids is 1. The van der Waals surface area contributed by atoms with Crippen molar-refractivity contribution in [2.24, 2.45) is 0 Å². The number of hydrogen-bond acceptors (Lipinski definition) is 5. The maximum atomic E-state index is 12.2. The van der Waals surface area contributed by atoms with Crippen molar-refractivity contribution in [2.75, 3.05) is 19.0 Å². The molecule has 2 N–H and O–H groups in total. The van der Waals surface area contributed by atoms with E-state index in [1.165, 1.54) is 18.4 Å². The van der Waals surface area contributed by atoms with E-state index in [1.54, 1.807) is 11.3 Å². The van der Waals surface area contributed by atoms with Crippen molar-refractivity contribution in [2.45, 2.75) is 57.6 Å². The maximum Gasteiger partial charge on any atom is 0.341 e. The molecule has 7 heteroatoms. The molecule has 1 aromatic rings. The minimum Gasteiger partial charge on any atom is -0.465 e. The number of nitrogens with one attached hydrogen (secondary N) is 2. The zero-order chi connectivity index (χ0) is 17.1. The van der Waals surface area contributed by atoms with Gasteiger partial charge in [0.25, 0.3) is 0 Å². The summed E-state index contributed by atoms with van der Waals surface area (Å²) in [4.78, 5) is 13.5. The van der Waals surface area contributed by atoms with Crippen molar-refractivity contribution < 1.29 is 14.3 Å². The van der Waals surface area contributed by atoms with E-state index in [2.05, 4.69) is 17.6 Å². The fourth-order valence-corrected chi connectivity index (χ4v) is 5.04. The van der Waals surface area contributed by atoms with Crippen LogP contribution >= 0.6 is 23.6 Å². The third-order valence-electron chi connectivity index (χ3n) is 4.67. The van der Waals surface area contributed by atoms with E-state index in [0.717, 1.165) is 49.3 Å². The molecular formula is C17H24N2O3S2. The summed E-state index contributed by atoms with van der Waals surface area (Å²) in [5, 5.41) is 7.83. The van der Waals surface area contributed by atoms with Crippen molar-refractivity contribution >= 4 is 39.6 Å². The number of anilines is 1. The monoisotopic (exact) mass is 368 g/mol. The average Bonchev–Trinajstić information content (AvgIpc) is 3.21. The molecule has 0 bridgehead atoms. The summed E-state index contributed by atoms with van der Waals surface area (Å²) >= 11 is 7.07. The number of carbonyl (C=O) groups is 1. The van der Waals surface area contributed by atoms with E-state index < -0.39 is 0 Å². The molecule has 24 heavy (non-hydrogen) atoms. The summed E-state index contributed by atoms with van der Waals surface area (Å²) in [6.45, 7) is 2.89. The lowest BCUT2D eigenvalue weighted by atomic mass is 9.95. The van der Waals surface area contributed by atoms with Gasteiger partial charge in [0, 0.05) is 11.5 Å². The number of thiocarbonyl (C=S) groups is 1. The first kappa shape index (κ1) is 17.6. The molecule has 1 aromatic heterocycles. The number of hydrogen-bond donors (Lipinski definition) is 2. The van der Waals surface area contributed by atoms with E-state index in [-0.39, 0.29) is 18.1 Å². The molecule has 3 rings (SSSR count). The summed E-state index contributed by atoms with van der Waals surface area (Å²) in [7, 11) is 1.43. The van der Waals surface area contributed by atoms with Crippen LogP contribution in [0.25, 0.3) is 0 Å². The number of aryl methyl sites for hydroxylation is 1. The maximum absolute atomic E-state index is 12.2. The Bertz CT molecular complexity index is 624. The molecular weight excluding hydrogens is 344 g/mol. The highest BCUT2D eigenvalue weighted by molar-refractivity contribution is 7.80. The van der Waals surface area contributed by atoms with E-state index in [9.17, 15) is 4.79 Å². The van der Waals surface area contributed by atoms with Crippen LogP contribution in [-0.4, -0.2) is 36.9 Å². The van der Waals surface area contributed by atoms with Crippen LogP contribution in [0, 0.1) is 0 Å². The molecule has 1 saturated heterocycles. The Kier molecular flexibility index (Phi) is 5.73. The second kappa shape index (κ2) is 7.80. The molecule has 0 unspecified atom stereocenters. The largest absolute Gasteiger partial charge is 0.465 e. The van der Waals surface area contributed by atoms with Gasteiger partial charge in [-0.25, -0.2) is 4.79 Å². The van der Waals surface area contributed by atoms with Gasteiger partial charge in [-0.3, -0.25) is 0 Å².